The summed E-state index contributed by atoms with van der Waals surface area (Å²) in [6.07, 6.45) is 0. The van der Waals surface area contributed by atoms with E-state index in [-0.39, 0.29) is 6.04 Å². The fourth-order valence-corrected chi connectivity index (χ4v) is 2.92. The molecule has 0 saturated heterocycles. The number of ether oxygens (including phenoxy) is 1. The molecule has 0 amide bonds. The minimum absolute atomic E-state index is 0.240. The Morgan fingerprint density at radius 3 is 2.65 bits per heavy atom. The summed E-state index contributed by atoms with van der Waals surface area (Å²) in [6.45, 7) is 2.13. The summed E-state index contributed by atoms with van der Waals surface area (Å²) < 4.78 is 5.27. The van der Waals surface area contributed by atoms with Gasteiger partial charge < -0.3 is 10.1 Å². The van der Waals surface area contributed by atoms with E-state index in [4.69, 9.17) is 4.74 Å². The number of hydrogen-bond acceptors (Lipinski definition) is 3. The molecular weight excluding hydrogens is 230 g/mol. The zero-order valence-corrected chi connectivity index (χ0v) is 11.2. The number of thiophene rings is 1. The van der Waals surface area contributed by atoms with Crippen molar-refractivity contribution in [1.29, 1.82) is 0 Å². The van der Waals surface area contributed by atoms with Crippen molar-refractivity contribution in [2.75, 3.05) is 14.2 Å². The van der Waals surface area contributed by atoms with Crippen molar-refractivity contribution in [3.63, 3.8) is 0 Å². The number of hydrogen-bond donors (Lipinski definition) is 1. The van der Waals surface area contributed by atoms with Crippen LogP contribution in [0.3, 0.4) is 0 Å². The van der Waals surface area contributed by atoms with Crippen molar-refractivity contribution in [1.82, 2.24) is 5.32 Å². The Balaban J connectivity index is 2.34. The van der Waals surface area contributed by atoms with E-state index < -0.39 is 0 Å². The highest BCUT2D eigenvalue weighted by Crippen LogP contribution is 2.29. The van der Waals surface area contributed by atoms with Crippen LogP contribution in [0.2, 0.25) is 0 Å². The fraction of sp³-hybridized carbons (Fsp3) is 0.286. The molecule has 0 saturated carbocycles. The summed E-state index contributed by atoms with van der Waals surface area (Å²) in [7, 11) is 3.68. The quantitative estimate of drug-likeness (QED) is 0.894. The number of methoxy groups -OCH3 is 1. The zero-order chi connectivity index (χ0) is 12.3. The van der Waals surface area contributed by atoms with Crippen LogP contribution in [0.1, 0.15) is 21.4 Å². The van der Waals surface area contributed by atoms with Gasteiger partial charge in [0.15, 0.2) is 0 Å². The Kier molecular flexibility index (Phi) is 3.82. The van der Waals surface area contributed by atoms with Gasteiger partial charge in [0.05, 0.1) is 13.2 Å². The summed E-state index contributed by atoms with van der Waals surface area (Å²) in [5.74, 6) is 0.899. The Morgan fingerprint density at radius 1 is 1.24 bits per heavy atom. The van der Waals surface area contributed by atoms with Crippen LogP contribution < -0.4 is 10.1 Å². The average Bonchev–Trinajstić information content (AvgIpc) is 2.77. The lowest BCUT2D eigenvalue weighted by molar-refractivity contribution is 0.414. The van der Waals surface area contributed by atoms with E-state index in [1.807, 2.05) is 30.5 Å². The van der Waals surface area contributed by atoms with Crippen LogP contribution in [-0.2, 0) is 0 Å². The van der Waals surface area contributed by atoms with E-state index in [0.29, 0.717) is 0 Å². The highest BCUT2D eigenvalue weighted by Gasteiger charge is 2.14. The second kappa shape index (κ2) is 5.34. The van der Waals surface area contributed by atoms with Crippen molar-refractivity contribution in [3.8, 4) is 5.75 Å². The topological polar surface area (TPSA) is 21.3 Å². The largest absolute Gasteiger partial charge is 0.497 e. The van der Waals surface area contributed by atoms with Crippen molar-refractivity contribution in [2.24, 2.45) is 0 Å². The highest BCUT2D eigenvalue weighted by molar-refractivity contribution is 7.12. The molecular formula is C14H17NOS. The van der Waals surface area contributed by atoms with Gasteiger partial charge in [-0.25, -0.2) is 0 Å². The van der Waals surface area contributed by atoms with Gasteiger partial charge in [-0.2, -0.15) is 0 Å². The van der Waals surface area contributed by atoms with Crippen LogP contribution in [0.4, 0.5) is 0 Å². The lowest BCUT2D eigenvalue weighted by Crippen LogP contribution is -2.16. The maximum atomic E-state index is 5.27. The van der Waals surface area contributed by atoms with E-state index in [2.05, 4.69) is 36.5 Å². The van der Waals surface area contributed by atoms with Gasteiger partial charge >= 0.3 is 0 Å². The summed E-state index contributed by atoms with van der Waals surface area (Å²) in [6, 6.07) is 12.8. The van der Waals surface area contributed by atoms with Gasteiger partial charge in [-0.15, -0.1) is 11.3 Å². The first kappa shape index (κ1) is 12.1. The number of aryl methyl sites for hydroxylation is 1. The predicted octanol–water partition coefficient (Wildman–Crippen LogP) is 3.37. The second-order valence-corrected chi connectivity index (χ2v) is 5.27. The first-order valence-electron chi connectivity index (χ1n) is 5.62. The normalized spacial score (nSPS) is 12.4. The standard InChI is InChI=1S/C14H17NOS/c1-10-7-8-13(17-10)14(15-2)11-5-4-6-12(9-11)16-3/h4-9,14-15H,1-3H3. The zero-order valence-electron chi connectivity index (χ0n) is 10.4. The third-order valence-corrected chi connectivity index (χ3v) is 3.83. The Bertz CT molecular complexity index is 492. The third kappa shape index (κ3) is 2.68. The van der Waals surface area contributed by atoms with Gasteiger partial charge in [0, 0.05) is 9.75 Å². The van der Waals surface area contributed by atoms with E-state index in [1.54, 1.807) is 7.11 Å². The summed E-state index contributed by atoms with van der Waals surface area (Å²) >= 11 is 1.83. The highest BCUT2D eigenvalue weighted by atomic mass is 32.1. The Labute approximate surface area is 106 Å². The molecule has 90 valence electrons. The molecule has 0 fully saturated rings. The molecule has 0 spiro atoms. The molecule has 1 aromatic heterocycles. The van der Waals surface area contributed by atoms with Crippen LogP contribution in [0, 0.1) is 6.92 Å². The minimum atomic E-state index is 0.240. The number of rotatable bonds is 4. The van der Waals surface area contributed by atoms with Gasteiger partial charge in [-0.1, -0.05) is 12.1 Å². The molecule has 3 heteroatoms. The molecule has 0 aliphatic carbocycles. The summed E-state index contributed by atoms with van der Waals surface area (Å²) in [5, 5.41) is 3.35. The maximum Gasteiger partial charge on any atom is 0.119 e. The smallest absolute Gasteiger partial charge is 0.119 e. The van der Waals surface area contributed by atoms with E-state index >= 15 is 0 Å². The van der Waals surface area contributed by atoms with Crippen LogP contribution >= 0.6 is 11.3 Å². The molecule has 0 bridgehead atoms. The number of nitrogens with one attached hydrogen (secondary N) is 1. The molecule has 2 rings (SSSR count). The molecule has 1 aromatic carbocycles. The maximum absolute atomic E-state index is 5.27. The third-order valence-electron chi connectivity index (χ3n) is 2.76. The molecule has 1 atom stereocenters. The molecule has 1 unspecified atom stereocenters. The van der Waals surface area contributed by atoms with Crippen LogP contribution in [0.15, 0.2) is 36.4 Å². The molecule has 0 aliphatic rings. The van der Waals surface area contributed by atoms with Gasteiger partial charge in [-0.05, 0) is 43.8 Å². The molecule has 0 aliphatic heterocycles. The Morgan fingerprint density at radius 2 is 2.06 bits per heavy atom. The average molecular weight is 247 g/mol. The first-order chi connectivity index (χ1) is 8.24. The molecule has 2 aromatic rings. The molecule has 17 heavy (non-hydrogen) atoms. The predicted molar refractivity (Wildman–Crippen MR) is 73.0 cm³/mol. The first-order valence-corrected chi connectivity index (χ1v) is 6.44. The van der Waals surface area contributed by atoms with E-state index in [1.165, 1.54) is 15.3 Å². The van der Waals surface area contributed by atoms with E-state index in [0.717, 1.165) is 5.75 Å². The van der Waals surface area contributed by atoms with Gasteiger partial charge in [0.1, 0.15) is 5.75 Å². The van der Waals surface area contributed by atoms with Crippen LogP contribution in [-0.4, -0.2) is 14.2 Å². The summed E-state index contributed by atoms with van der Waals surface area (Å²) in [4.78, 5) is 2.67. The Hall–Kier alpha value is -1.32. The van der Waals surface area contributed by atoms with Gasteiger partial charge in [-0.3, -0.25) is 0 Å². The molecule has 1 heterocycles. The van der Waals surface area contributed by atoms with Crippen LogP contribution in [0.25, 0.3) is 0 Å². The van der Waals surface area contributed by atoms with E-state index in [9.17, 15) is 0 Å². The SMILES string of the molecule is CNC(c1cccc(OC)c1)c1ccc(C)s1. The van der Waals surface area contributed by atoms with Gasteiger partial charge in [0.2, 0.25) is 0 Å². The fourth-order valence-electron chi connectivity index (χ4n) is 1.90. The number of benzene rings is 1. The van der Waals surface area contributed by atoms with Crippen molar-refractivity contribution in [3.05, 3.63) is 51.7 Å². The van der Waals surface area contributed by atoms with Crippen molar-refractivity contribution in [2.45, 2.75) is 13.0 Å². The van der Waals surface area contributed by atoms with Crippen molar-refractivity contribution < 1.29 is 4.74 Å². The lowest BCUT2D eigenvalue weighted by atomic mass is 10.1. The lowest BCUT2D eigenvalue weighted by Gasteiger charge is -2.15. The van der Waals surface area contributed by atoms with Gasteiger partial charge in [0.25, 0.3) is 0 Å². The monoisotopic (exact) mass is 247 g/mol. The summed E-state index contributed by atoms with van der Waals surface area (Å²) in [5.41, 5.74) is 1.23. The molecule has 2 nitrogen and oxygen atoms in total. The minimum Gasteiger partial charge on any atom is -0.497 e. The van der Waals surface area contributed by atoms with Crippen LogP contribution in [0.5, 0.6) is 5.75 Å². The van der Waals surface area contributed by atoms with Crippen molar-refractivity contribution >= 4 is 11.3 Å². The second-order valence-electron chi connectivity index (χ2n) is 3.95. The molecule has 0 radical (unpaired) electrons. The molecule has 1 N–H and O–H groups in total.